The quantitative estimate of drug-likeness (QED) is 0.471. The molecule has 1 aromatic carbocycles. The van der Waals surface area contributed by atoms with Crippen LogP contribution >= 0.6 is 0 Å². The summed E-state index contributed by atoms with van der Waals surface area (Å²) in [7, 11) is 0. The van der Waals surface area contributed by atoms with Crippen molar-refractivity contribution in [2.24, 2.45) is 0 Å². The number of imide groups is 2. The second-order valence-corrected chi connectivity index (χ2v) is 7.64. The van der Waals surface area contributed by atoms with E-state index in [1.807, 2.05) is 31.4 Å². The highest BCUT2D eigenvalue weighted by atomic mass is 16.4. The van der Waals surface area contributed by atoms with Crippen LogP contribution in [0.15, 0.2) is 54.4 Å². The van der Waals surface area contributed by atoms with Gasteiger partial charge in [-0.2, -0.15) is 0 Å². The molecule has 0 bridgehead atoms. The van der Waals surface area contributed by atoms with E-state index in [0.29, 0.717) is 5.56 Å². The number of aromatic nitrogens is 2. The topological polar surface area (TPSA) is 122 Å². The number of pyridine rings is 1. The van der Waals surface area contributed by atoms with Crippen LogP contribution in [0.4, 0.5) is 10.5 Å². The number of barbiturate groups is 1. The monoisotopic (exact) mass is 444 g/mol. The standard InChI is InChI=1S/C24H20N4O5/c1-13-9-16(23(31)32)6-7-20(13)27-14(2)10-17(15(27)3)11-19-21(29)26-24(33)28(22(19)30)18-5-4-8-25-12-18/h4-12H,1-3H3,(H,31,32)(H,26,29,33)/b19-11+. The third-order valence-electron chi connectivity index (χ3n) is 5.46. The molecule has 1 saturated heterocycles. The molecule has 9 nitrogen and oxygen atoms in total. The number of rotatable bonds is 4. The number of anilines is 1. The van der Waals surface area contributed by atoms with Crippen molar-refractivity contribution >= 4 is 35.6 Å². The molecule has 0 radical (unpaired) electrons. The van der Waals surface area contributed by atoms with Gasteiger partial charge in [0.15, 0.2) is 0 Å². The zero-order valence-corrected chi connectivity index (χ0v) is 18.1. The molecule has 0 atom stereocenters. The molecule has 0 spiro atoms. The van der Waals surface area contributed by atoms with Crippen molar-refractivity contribution in [1.29, 1.82) is 0 Å². The van der Waals surface area contributed by atoms with Crippen LogP contribution in [0, 0.1) is 20.8 Å². The molecule has 2 N–H and O–H groups in total. The molecular weight excluding hydrogens is 424 g/mol. The van der Waals surface area contributed by atoms with Crippen molar-refractivity contribution in [3.8, 4) is 5.69 Å². The Kier molecular flexibility index (Phi) is 5.39. The highest BCUT2D eigenvalue weighted by Gasteiger charge is 2.37. The van der Waals surface area contributed by atoms with Crippen LogP contribution in [0.3, 0.4) is 0 Å². The molecule has 0 unspecified atom stereocenters. The number of hydrogen-bond acceptors (Lipinski definition) is 5. The molecule has 1 fully saturated rings. The van der Waals surface area contributed by atoms with Crippen molar-refractivity contribution in [2.75, 3.05) is 4.90 Å². The fourth-order valence-corrected chi connectivity index (χ4v) is 3.88. The molecule has 166 valence electrons. The average molecular weight is 444 g/mol. The number of carboxylic acid groups (broad SMARTS) is 1. The van der Waals surface area contributed by atoms with E-state index in [1.165, 1.54) is 24.5 Å². The van der Waals surface area contributed by atoms with Gasteiger partial charge in [-0.25, -0.2) is 14.5 Å². The molecule has 0 aliphatic carbocycles. The number of aryl methyl sites for hydroxylation is 2. The number of carboxylic acids is 1. The molecule has 4 amide bonds. The van der Waals surface area contributed by atoms with E-state index in [9.17, 15) is 24.3 Å². The first-order chi connectivity index (χ1) is 15.7. The van der Waals surface area contributed by atoms with Crippen LogP contribution < -0.4 is 10.2 Å². The van der Waals surface area contributed by atoms with Gasteiger partial charge in [-0.15, -0.1) is 0 Å². The Hall–Kier alpha value is -4.53. The number of nitrogens with one attached hydrogen (secondary N) is 1. The van der Waals surface area contributed by atoms with Crippen LogP contribution in [0.25, 0.3) is 11.8 Å². The average Bonchev–Trinajstić information content (AvgIpc) is 3.04. The van der Waals surface area contributed by atoms with Gasteiger partial charge in [-0.05, 0) is 74.4 Å². The largest absolute Gasteiger partial charge is 0.478 e. The van der Waals surface area contributed by atoms with Crippen molar-refractivity contribution in [2.45, 2.75) is 20.8 Å². The first kappa shape index (κ1) is 21.7. The van der Waals surface area contributed by atoms with E-state index in [0.717, 1.165) is 27.5 Å². The Bertz CT molecular complexity index is 1350. The second-order valence-electron chi connectivity index (χ2n) is 7.64. The lowest BCUT2D eigenvalue weighted by Gasteiger charge is -2.26. The van der Waals surface area contributed by atoms with Crippen molar-refractivity contribution < 1.29 is 24.3 Å². The first-order valence-corrected chi connectivity index (χ1v) is 10.0. The Morgan fingerprint density at radius 2 is 1.85 bits per heavy atom. The summed E-state index contributed by atoms with van der Waals surface area (Å²) in [4.78, 5) is 53.9. The number of urea groups is 1. The van der Waals surface area contributed by atoms with Crippen LogP contribution in [0.5, 0.6) is 0 Å². The molecule has 2 aromatic heterocycles. The summed E-state index contributed by atoms with van der Waals surface area (Å²) < 4.78 is 1.92. The van der Waals surface area contributed by atoms with Gasteiger partial charge in [0.1, 0.15) is 5.57 Å². The number of carbonyl (C=O) groups excluding carboxylic acids is 3. The number of nitrogens with zero attached hydrogens (tertiary/aromatic N) is 3. The Morgan fingerprint density at radius 3 is 2.48 bits per heavy atom. The minimum Gasteiger partial charge on any atom is -0.478 e. The summed E-state index contributed by atoms with van der Waals surface area (Å²) in [5, 5.41) is 11.4. The Balaban J connectivity index is 1.77. The lowest BCUT2D eigenvalue weighted by Crippen LogP contribution is -2.54. The molecule has 1 aliphatic heterocycles. The molecule has 1 aliphatic rings. The van der Waals surface area contributed by atoms with Gasteiger partial charge in [0.25, 0.3) is 11.8 Å². The molecule has 33 heavy (non-hydrogen) atoms. The Labute approximate surface area is 189 Å². The number of benzene rings is 1. The number of hydrogen-bond donors (Lipinski definition) is 2. The Morgan fingerprint density at radius 1 is 1.09 bits per heavy atom. The lowest BCUT2D eigenvalue weighted by atomic mass is 10.1. The number of aromatic carboxylic acids is 1. The predicted octanol–water partition coefficient (Wildman–Crippen LogP) is 3.16. The summed E-state index contributed by atoms with van der Waals surface area (Å²) in [6.45, 7) is 5.52. The third-order valence-corrected chi connectivity index (χ3v) is 5.46. The molecule has 3 aromatic rings. The number of carbonyl (C=O) groups is 4. The maximum atomic E-state index is 13.1. The minimum absolute atomic E-state index is 0.184. The van der Waals surface area contributed by atoms with E-state index in [1.54, 1.807) is 24.3 Å². The van der Waals surface area contributed by atoms with E-state index in [-0.39, 0.29) is 16.8 Å². The van der Waals surface area contributed by atoms with Crippen molar-refractivity contribution in [1.82, 2.24) is 14.9 Å². The molecular formula is C24H20N4O5. The normalized spacial score (nSPS) is 15.2. The fourth-order valence-electron chi connectivity index (χ4n) is 3.88. The first-order valence-electron chi connectivity index (χ1n) is 10.0. The zero-order chi connectivity index (χ0) is 23.9. The summed E-state index contributed by atoms with van der Waals surface area (Å²) in [6.07, 6.45) is 4.32. The lowest BCUT2D eigenvalue weighted by molar-refractivity contribution is -0.122. The van der Waals surface area contributed by atoms with Gasteiger partial charge in [-0.3, -0.25) is 19.9 Å². The van der Waals surface area contributed by atoms with Gasteiger partial charge in [0.05, 0.1) is 17.4 Å². The number of amides is 4. The smallest absolute Gasteiger partial charge is 0.336 e. The van der Waals surface area contributed by atoms with Gasteiger partial charge >= 0.3 is 12.0 Å². The van der Waals surface area contributed by atoms with E-state index in [4.69, 9.17) is 0 Å². The van der Waals surface area contributed by atoms with Gasteiger partial charge in [-0.1, -0.05) is 0 Å². The molecule has 0 saturated carbocycles. The van der Waals surface area contributed by atoms with E-state index in [2.05, 4.69) is 10.3 Å². The van der Waals surface area contributed by atoms with Crippen LogP contribution in [-0.2, 0) is 9.59 Å². The molecule has 3 heterocycles. The predicted molar refractivity (Wildman–Crippen MR) is 120 cm³/mol. The second kappa shape index (κ2) is 8.19. The molecule has 9 heteroatoms. The fraction of sp³-hybridized carbons (Fsp3) is 0.125. The maximum absolute atomic E-state index is 13.1. The summed E-state index contributed by atoms with van der Waals surface area (Å²) >= 11 is 0. The van der Waals surface area contributed by atoms with Gasteiger partial charge in [0, 0.05) is 23.3 Å². The third kappa shape index (κ3) is 3.80. The summed E-state index contributed by atoms with van der Waals surface area (Å²) in [5.74, 6) is -2.54. The summed E-state index contributed by atoms with van der Waals surface area (Å²) in [5.41, 5.74) is 3.99. The van der Waals surface area contributed by atoms with E-state index >= 15 is 0 Å². The summed E-state index contributed by atoms with van der Waals surface area (Å²) in [6, 6.07) is 8.94. The van der Waals surface area contributed by atoms with Gasteiger partial charge in [0.2, 0.25) is 0 Å². The maximum Gasteiger partial charge on any atom is 0.336 e. The van der Waals surface area contributed by atoms with Crippen LogP contribution in [-0.4, -0.2) is 38.5 Å². The van der Waals surface area contributed by atoms with Crippen LogP contribution in [0.1, 0.15) is 32.9 Å². The van der Waals surface area contributed by atoms with Crippen molar-refractivity contribution in [3.05, 3.63) is 82.4 Å². The SMILES string of the molecule is Cc1cc(C(=O)O)ccc1-n1c(C)cc(/C=C2\C(=O)NC(=O)N(c3cccnc3)C2=O)c1C. The highest BCUT2D eigenvalue weighted by molar-refractivity contribution is 6.39. The minimum atomic E-state index is -1.01. The zero-order valence-electron chi connectivity index (χ0n) is 18.1. The van der Waals surface area contributed by atoms with Crippen molar-refractivity contribution in [3.63, 3.8) is 0 Å². The van der Waals surface area contributed by atoms with Crippen LogP contribution in [0.2, 0.25) is 0 Å². The van der Waals surface area contributed by atoms with E-state index < -0.39 is 23.8 Å². The van der Waals surface area contributed by atoms with Gasteiger partial charge < -0.3 is 9.67 Å². The molecule has 4 rings (SSSR count). The highest BCUT2D eigenvalue weighted by Crippen LogP contribution is 2.27.